The van der Waals surface area contributed by atoms with Gasteiger partial charge in [-0.1, -0.05) is 47.5 Å². The number of halogens is 3. The van der Waals surface area contributed by atoms with Gasteiger partial charge in [-0.3, -0.25) is 14.2 Å². The molecule has 0 saturated carbocycles. The van der Waals surface area contributed by atoms with Crippen LogP contribution in [0, 0.1) is 0 Å². The molecule has 2 heterocycles. The summed E-state index contributed by atoms with van der Waals surface area (Å²) in [5.41, 5.74) is 1.91. The van der Waals surface area contributed by atoms with Gasteiger partial charge in [0, 0.05) is 16.0 Å². The predicted molar refractivity (Wildman–Crippen MR) is 112 cm³/mol. The van der Waals surface area contributed by atoms with Crippen LogP contribution in [0.2, 0.25) is 10.0 Å². The van der Waals surface area contributed by atoms with Crippen LogP contribution in [0.5, 0.6) is 0 Å². The van der Waals surface area contributed by atoms with E-state index in [1.54, 1.807) is 23.6 Å². The standard InChI is InChI=1S/C21H16Cl3NO3/c1-21(11-19(26)28-7-6-22)15-5-3-2-4-13(15)18-10-14-16(24)8-12(23)9-17(14)25(18)20(21)27/h2-5,8-10H,6-7,11H2,1H3. The molecule has 4 nitrogen and oxygen atoms in total. The fourth-order valence-corrected chi connectivity index (χ4v) is 4.47. The summed E-state index contributed by atoms with van der Waals surface area (Å²) in [5, 5.41) is 1.64. The molecule has 28 heavy (non-hydrogen) atoms. The zero-order valence-electron chi connectivity index (χ0n) is 15.0. The van der Waals surface area contributed by atoms with E-state index in [4.69, 9.17) is 39.5 Å². The number of nitrogens with zero attached hydrogens (tertiary/aromatic N) is 1. The molecule has 0 amide bonds. The second-order valence-electron chi connectivity index (χ2n) is 6.95. The Morgan fingerprint density at radius 2 is 1.93 bits per heavy atom. The normalized spacial score (nSPS) is 18.1. The largest absolute Gasteiger partial charge is 0.464 e. The zero-order chi connectivity index (χ0) is 20.1. The Morgan fingerprint density at radius 1 is 1.18 bits per heavy atom. The lowest BCUT2D eigenvalue weighted by atomic mass is 9.73. The summed E-state index contributed by atoms with van der Waals surface area (Å²) in [6.45, 7) is 1.87. The topological polar surface area (TPSA) is 48.3 Å². The summed E-state index contributed by atoms with van der Waals surface area (Å²) in [6, 6.07) is 12.8. The number of fused-ring (bicyclic) bond motifs is 5. The number of benzene rings is 2. The molecular formula is C21H16Cl3NO3. The van der Waals surface area contributed by atoms with Crippen LogP contribution in [0.4, 0.5) is 0 Å². The molecule has 2 aromatic carbocycles. The molecule has 7 heteroatoms. The number of aromatic nitrogens is 1. The molecule has 0 bridgehead atoms. The van der Waals surface area contributed by atoms with Crippen molar-refractivity contribution in [2.45, 2.75) is 18.8 Å². The van der Waals surface area contributed by atoms with Gasteiger partial charge in [0.05, 0.1) is 33.9 Å². The summed E-state index contributed by atoms with van der Waals surface area (Å²) >= 11 is 18.2. The van der Waals surface area contributed by atoms with E-state index in [0.717, 1.165) is 22.2 Å². The average Bonchev–Trinajstić information content (AvgIpc) is 3.04. The van der Waals surface area contributed by atoms with Crippen LogP contribution in [0.1, 0.15) is 23.7 Å². The number of alkyl halides is 1. The highest BCUT2D eigenvalue weighted by atomic mass is 35.5. The van der Waals surface area contributed by atoms with Gasteiger partial charge in [0.15, 0.2) is 0 Å². The molecular weight excluding hydrogens is 421 g/mol. The van der Waals surface area contributed by atoms with Gasteiger partial charge in [0.1, 0.15) is 6.61 Å². The van der Waals surface area contributed by atoms with Crippen LogP contribution in [-0.2, 0) is 14.9 Å². The minimum Gasteiger partial charge on any atom is -0.464 e. The molecule has 1 aliphatic rings. The van der Waals surface area contributed by atoms with Gasteiger partial charge in [0.25, 0.3) is 0 Å². The lowest BCUT2D eigenvalue weighted by molar-refractivity contribution is -0.144. The third kappa shape index (κ3) is 2.91. The number of hydrogen-bond acceptors (Lipinski definition) is 3. The first-order valence-electron chi connectivity index (χ1n) is 8.73. The third-order valence-corrected chi connectivity index (χ3v) is 5.83. The lowest BCUT2D eigenvalue weighted by Crippen LogP contribution is -2.42. The molecule has 0 radical (unpaired) electrons. The fraction of sp³-hybridized carbons (Fsp3) is 0.238. The Hall–Kier alpha value is -2.01. The van der Waals surface area contributed by atoms with Crippen molar-refractivity contribution in [3.63, 3.8) is 0 Å². The first-order valence-corrected chi connectivity index (χ1v) is 10.0. The highest BCUT2D eigenvalue weighted by molar-refractivity contribution is 6.39. The van der Waals surface area contributed by atoms with E-state index in [0.29, 0.717) is 15.6 Å². The average molecular weight is 437 g/mol. The zero-order valence-corrected chi connectivity index (χ0v) is 17.2. The molecule has 1 atom stereocenters. The Labute approximate surface area is 176 Å². The van der Waals surface area contributed by atoms with Crippen molar-refractivity contribution >= 4 is 57.6 Å². The van der Waals surface area contributed by atoms with Gasteiger partial charge in [-0.2, -0.15) is 0 Å². The monoisotopic (exact) mass is 435 g/mol. The van der Waals surface area contributed by atoms with Crippen molar-refractivity contribution in [3.05, 3.63) is 58.1 Å². The van der Waals surface area contributed by atoms with E-state index >= 15 is 0 Å². The number of esters is 1. The minimum absolute atomic E-state index is 0.0901. The minimum atomic E-state index is -1.09. The number of hydrogen-bond donors (Lipinski definition) is 0. The van der Waals surface area contributed by atoms with Crippen molar-refractivity contribution in [2.75, 3.05) is 12.5 Å². The van der Waals surface area contributed by atoms with E-state index in [9.17, 15) is 9.59 Å². The molecule has 0 N–H and O–H groups in total. The van der Waals surface area contributed by atoms with E-state index in [1.165, 1.54) is 0 Å². The summed E-state index contributed by atoms with van der Waals surface area (Å²) in [5.74, 6) is -0.490. The number of rotatable bonds is 4. The van der Waals surface area contributed by atoms with Crippen molar-refractivity contribution in [2.24, 2.45) is 0 Å². The van der Waals surface area contributed by atoms with Crippen molar-refractivity contribution in [1.82, 2.24) is 4.57 Å². The Kier molecular flexibility index (Phi) is 4.90. The van der Waals surface area contributed by atoms with Gasteiger partial charge in [-0.25, -0.2) is 0 Å². The maximum atomic E-state index is 13.7. The molecule has 0 saturated heterocycles. The molecule has 4 rings (SSSR count). The van der Waals surface area contributed by atoms with Crippen LogP contribution in [0.3, 0.4) is 0 Å². The van der Waals surface area contributed by atoms with E-state index in [2.05, 4.69) is 0 Å². The molecule has 1 unspecified atom stereocenters. The third-order valence-electron chi connectivity index (χ3n) is 5.15. The summed E-state index contributed by atoms with van der Waals surface area (Å²) in [7, 11) is 0. The smallest absolute Gasteiger partial charge is 0.307 e. The highest BCUT2D eigenvalue weighted by Crippen LogP contribution is 2.45. The lowest BCUT2D eigenvalue weighted by Gasteiger charge is -2.35. The molecule has 1 aliphatic heterocycles. The van der Waals surface area contributed by atoms with Crippen LogP contribution in [0.15, 0.2) is 42.5 Å². The second kappa shape index (κ2) is 7.11. The van der Waals surface area contributed by atoms with Crippen LogP contribution < -0.4 is 0 Å². The van der Waals surface area contributed by atoms with E-state index in [-0.39, 0.29) is 24.8 Å². The fourth-order valence-electron chi connectivity index (χ4n) is 3.86. The maximum absolute atomic E-state index is 13.7. The number of carbonyl (C=O) groups excluding carboxylic acids is 2. The van der Waals surface area contributed by atoms with Gasteiger partial charge in [-0.15, -0.1) is 11.6 Å². The second-order valence-corrected chi connectivity index (χ2v) is 8.18. The summed E-state index contributed by atoms with van der Waals surface area (Å²) < 4.78 is 6.74. The van der Waals surface area contributed by atoms with Crippen molar-refractivity contribution in [1.29, 1.82) is 0 Å². The van der Waals surface area contributed by atoms with Crippen LogP contribution in [-0.4, -0.2) is 28.9 Å². The maximum Gasteiger partial charge on any atom is 0.307 e. The Balaban J connectivity index is 1.95. The van der Waals surface area contributed by atoms with Crippen molar-refractivity contribution in [3.8, 4) is 11.3 Å². The van der Waals surface area contributed by atoms with Gasteiger partial charge in [-0.05, 0) is 30.7 Å². The van der Waals surface area contributed by atoms with Crippen LogP contribution >= 0.6 is 34.8 Å². The van der Waals surface area contributed by atoms with Gasteiger partial charge in [0.2, 0.25) is 5.91 Å². The first-order chi connectivity index (χ1) is 13.4. The molecule has 0 spiro atoms. The molecule has 3 aromatic rings. The first kappa shape index (κ1) is 19.3. The predicted octanol–water partition coefficient (Wildman–Crippen LogP) is 5.70. The van der Waals surface area contributed by atoms with Gasteiger partial charge < -0.3 is 4.74 Å². The summed E-state index contributed by atoms with van der Waals surface area (Å²) in [4.78, 5) is 26.0. The number of ether oxygens (including phenoxy) is 1. The summed E-state index contributed by atoms with van der Waals surface area (Å²) in [6.07, 6.45) is -0.0901. The number of carbonyl (C=O) groups is 2. The highest BCUT2D eigenvalue weighted by Gasteiger charge is 2.45. The molecule has 144 valence electrons. The molecule has 0 aliphatic carbocycles. The molecule has 0 fully saturated rings. The van der Waals surface area contributed by atoms with E-state index in [1.807, 2.05) is 30.3 Å². The SMILES string of the molecule is CC1(CC(=O)OCCCl)C(=O)n2c(cc3c(Cl)cc(Cl)cc32)-c2ccccc21. The van der Waals surface area contributed by atoms with Crippen LogP contribution in [0.25, 0.3) is 22.2 Å². The van der Waals surface area contributed by atoms with E-state index < -0.39 is 11.4 Å². The Morgan fingerprint density at radius 3 is 2.68 bits per heavy atom. The molecule has 1 aromatic heterocycles. The quantitative estimate of drug-likeness (QED) is 0.389. The Bertz CT molecular complexity index is 1120. The van der Waals surface area contributed by atoms with Crippen molar-refractivity contribution < 1.29 is 14.3 Å². The van der Waals surface area contributed by atoms with Gasteiger partial charge >= 0.3 is 5.97 Å².